The summed E-state index contributed by atoms with van der Waals surface area (Å²) in [5.74, 6) is -2.85. The molecule has 0 aromatic heterocycles. The summed E-state index contributed by atoms with van der Waals surface area (Å²) in [5, 5.41) is 0.576. The Balaban J connectivity index is 1.70. The number of Topliss-reactive ketones (excluding diaryl/α,β-unsaturated/α-hetero) is 1. The first-order valence-corrected chi connectivity index (χ1v) is 11.4. The van der Waals surface area contributed by atoms with Crippen LogP contribution >= 0.6 is 11.6 Å². The fraction of sp³-hybridized carbons (Fsp3) is 0.214. The average molecular weight is 481 g/mol. The van der Waals surface area contributed by atoms with E-state index in [1.807, 2.05) is 42.5 Å². The molecule has 6 heteroatoms. The van der Waals surface area contributed by atoms with Gasteiger partial charge in [0, 0.05) is 41.1 Å². The number of alkyl halides is 2. The Hall–Kier alpha value is -3.31. The van der Waals surface area contributed by atoms with Crippen molar-refractivity contribution in [2.45, 2.75) is 39.0 Å². The van der Waals surface area contributed by atoms with E-state index in [1.54, 1.807) is 31.2 Å². The summed E-state index contributed by atoms with van der Waals surface area (Å²) in [6, 6.07) is 20.8. The number of rotatable bonds is 9. The van der Waals surface area contributed by atoms with Crippen molar-refractivity contribution in [2.75, 3.05) is 0 Å². The molecular weight excluding hydrogens is 454 g/mol. The zero-order valence-electron chi connectivity index (χ0n) is 19.2. The normalized spacial score (nSPS) is 12.6. The zero-order valence-corrected chi connectivity index (χ0v) is 19.9. The van der Waals surface area contributed by atoms with Crippen LogP contribution < -0.4 is 5.73 Å². The fourth-order valence-electron chi connectivity index (χ4n) is 3.47. The first-order chi connectivity index (χ1) is 16.2. The highest BCUT2D eigenvalue weighted by Gasteiger charge is 2.28. The van der Waals surface area contributed by atoms with Crippen molar-refractivity contribution in [3.8, 4) is 0 Å². The molecule has 0 aliphatic heterocycles. The Kier molecular flexibility index (Phi) is 8.35. The lowest BCUT2D eigenvalue weighted by molar-refractivity contribution is -0.117. The van der Waals surface area contributed by atoms with E-state index >= 15 is 0 Å². The first kappa shape index (κ1) is 25.3. The number of hydrogen-bond acceptors (Lipinski definition) is 3. The molecule has 3 aromatic carbocycles. The van der Waals surface area contributed by atoms with Crippen LogP contribution in [0.5, 0.6) is 0 Å². The highest BCUT2D eigenvalue weighted by atomic mass is 35.5. The minimum Gasteiger partial charge on any atom is -0.402 e. The minimum atomic E-state index is -2.85. The average Bonchev–Trinajstić information content (AvgIpc) is 2.80. The van der Waals surface area contributed by atoms with E-state index in [1.165, 1.54) is 19.1 Å². The van der Waals surface area contributed by atoms with E-state index in [0.717, 1.165) is 16.7 Å². The largest absolute Gasteiger partial charge is 0.402 e. The Morgan fingerprint density at radius 2 is 1.53 bits per heavy atom. The van der Waals surface area contributed by atoms with Crippen molar-refractivity contribution in [1.82, 2.24) is 0 Å². The van der Waals surface area contributed by atoms with Gasteiger partial charge in [0.25, 0.3) is 5.92 Å². The summed E-state index contributed by atoms with van der Waals surface area (Å²) >= 11 is 6.33. The number of allylic oxidation sites excluding steroid dienone is 2. The van der Waals surface area contributed by atoms with Gasteiger partial charge in [-0.25, -0.2) is 13.8 Å². The van der Waals surface area contributed by atoms with Gasteiger partial charge in [-0.2, -0.15) is 0 Å². The third kappa shape index (κ3) is 6.84. The summed E-state index contributed by atoms with van der Waals surface area (Å²) in [6.07, 6.45) is 1.94. The topological polar surface area (TPSA) is 55.5 Å². The molecule has 0 atom stereocenters. The van der Waals surface area contributed by atoms with Gasteiger partial charge in [-0.1, -0.05) is 73.1 Å². The van der Waals surface area contributed by atoms with E-state index in [2.05, 4.69) is 4.99 Å². The second-order valence-corrected chi connectivity index (χ2v) is 8.59. The molecule has 0 spiro atoms. The molecule has 3 aromatic rings. The van der Waals surface area contributed by atoms with E-state index in [-0.39, 0.29) is 30.6 Å². The van der Waals surface area contributed by atoms with Gasteiger partial charge < -0.3 is 5.73 Å². The molecule has 176 valence electrons. The molecule has 0 fully saturated rings. The molecule has 0 bridgehead atoms. The summed E-state index contributed by atoms with van der Waals surface area (Å²) in [7, 11) is 0. The Labute approximate surface area is 204 Å². The van der Waals surface area contributed by atoms with Crippen LogP contribution in [0.1, 0.15) is 42.5 Å². The smallest absolute Gasteiger partial charge is 0.273 e. The van der Waals surface area contributed by atoms with Crippen molar-refractivity contribution >= 4 is 28.8 Å². The molecule has 0 heterocycles. The van der Waals surface area contributed by atoms with E-state index in [9.17, 15) is 13.6 Å². The van der Waals surface area contributed by atoms with Gasteiger partial charge in [0.15, 0.2) is 0 Å². The Bertz CT molecular complexity index is 1200. The van der Waals surface area contributed by atoms with Crippen LogP contribution in [0.25, 0.3) is 0 Å². The van der Waals surface area contributed by atoms with E-state index in [4.69, 9.17) is 17.3 Å². The summed E-state index contributed by atoms with van der Waals surface area (Å²) in [4.78, 5) is 17.2. The van der Waals surface area contributed by atoms with Crippen LogP contribution in [0.2, 0.25) is 5.02 Å². The lowest BCUT2D eigenvalue weighted by Crippen LogP contribution is -2.12. The van der Waals surface area contributed by atoms with Crippen LogP contribution in [0.15, 0.2) is 89.6 Å². The minimum absolute atomic E-state index is 0.00435. The number of ketones is 1. The van der Waals surface area contributed by atoms with Crippen molar-refractivity contribution in [3.63, 3.8) is 0 Å². The lowest BCUT2D eigenvalue weighted by Gasteiger charge is -2.14. The first-order valence-electron chi connectivity index (χ1n) is 11.0. The number of nitrogens with two attached hydrogens (primary N) is 1. The second-order valence-electron chi connectivity index (χ2n) is 8.18. The van der Waals surface area contributed by atoms with Gasteiger partial charge in [-0.3, -0.25) is 4.79 Å². The monoisotopic (exact) mass is 480 g/mol. The van der Waals surface area contributed by atoms with Crippen molar-refractivity contribution in [2.24, 2.45) is 10.7 Å². The predicted octanol–water partition coefficient (Wildman–Crippen LogP) is 7.18. The molecule has 0 unspecified atom stereocenters. The molecule has 3 nitrogen and oxygen atoms in total. The van der Waals surface area contributed by atoms with Gasteiger partial charge >= 0.3 is 0 Å². The summed E-state index contributed by atoms with van der Waals surface area (Å²) in [5.41, 5.74) is 10.1. The number of halogens is 3. The van der Waals surface area contributed by atoms with Gasteiger partial charge in [-0.15, -0.1) is 0 Å². The van der Waals surface area contributed by atoms with E-state index < -0.39 is 5.92 Å². The third-order valence-electron chi connectivity index (χ3n) is 5.32. The molecule has 0 aliphatic carbocycles. The lowest BCUT2D eigenvalue weighted by atomic mass is 9.99. The predicted molar refractivity (Wildman–Crippen MR) is 135 cm³/mol. The van der Waals surface area contributed by atoms with Crippen molar-refractivity contribution in [3.05, 3.63) is 112 Å². The van der Waals surface area contributed by atoms with Crippen LogP contribution in [-0.4, -0.2) is 11.5 Å². The number of benzene rings is 3. The highest BCUT2D eigenvalue weighted by molar-refractivity contribution is 6.35. The quantitative estimate of drug-likeness (QED) is 0.330. The number of carbonyl (C=O) groups is 1. The van der Waals surface area contributed by atoms with Crippen LogP contribution in [0, 0.1) is 0 Å². The standard InChI is InChI=1S/C28H27ClF2N2O/c1-3-28(30,31)22-12-8-20(9-13-22)17-24(34)18-21-10-14-23(15-11-21)33-27(16-19(2)32)25-6-4-5-7-26(25)29/h4-16H,3,17-18,32H2,1-2H3. The van der Waals surface area contributed by atoms with Gasteiger partial charge in [-0.05, 0) is 42.3 Å². The Morgan fingerprint density at radius 1 is 0.971 bits per heavy atom. The third-order valence-corrected chi connectivity index (χ3v) is 5.65. The number of nitrogens with zero attached hydrogens (tertiary/aromatic N) is 1. The molecule has 2 N–H and O–H groups in total. The number of aliphatic imine (C=N–C) groups is 1. The summed E-state index contributed by atoms with van der Waals surface area (Å²) in [6.45, 7) is 3.23. The maximum absolute atomic E-state index is 13.8. The van der Waals surface area contributed by atoms with Gasteiger partial charge in [0.05, 0.1) is 11.4 Å². The van der Waals surface area contributed by atoms with Crippen LogP contribution in [0.4, 0.5) is 14.5 Å². The fourth-order valence-corrected chi connectivity index (χ4v) is 3.70. The van der Waals surface area contributed by atoms with E-state index in [0.29, 0.717) is 22.1 Å². The molecule has 0 radical (unpaired) electrons. The van der Waals surface area contributed by atoms with Gasteiger partial charge in [0.2, 0.25) is 0 Å². The second kappa shape index (κ2) is 11.2. The van der Waals surface area contributed by atoms with Gasteiger partial charge in [0.1, 0.15) is 5.78 Å². The molecule has 34 heavy (non-hydrogen) atoms. The highest BCUT2D eigenvalue weighted by Crippen LogP contribution is 2.31. The number of carbonyl (C=O) groups excluding carboxylic acids is 1. The van der Waals surface area contributed by atoms with Crippen molar-refractivity contribution < 1.29 is 13.6 Å². The van der Waals surface area contributed by atoms with Crippen LogP contribution in [0.3, 0.4) is 0 Å². The summed E-state index contributed by atoms with van der Waals surface area (Å²) < 4.78 is 27.5. The SMILES string of the molecule is CCC(F)(F)c1ccc(CC(=O)Cc2ccc(N=C(C=C(C)N)c3ccccc3Cl)cc2)cc1. The molecule has 0 saturated heterocycles. The maximum Gasteiger partial charge on any atom is 0.273 e. The molecule has 3 rings (SSSR count). The molecular formula is C28H27ClF2N2O. The molecule has 0 saturated carbocycles. The van der Waals surface area contributed by atoms with Crippen LogP contribution in [-0.2, 0) is 23.6 Å². The zero-order chi connectivity index (χ0) is 24.7. The molecule has 0 amide bonds. The number of hydrogen-bond donors (Lipinski definition) is 1. The maximum atomic E-state index is 13.8. The Morgan fingerprint density at radius 3 is 2.06 bits per heavy atom. The van der Waals surface area contributed by atoms with Crippen molar-refractivity contribution in [1.29, 1.82) is 0 Å². The molecule has 0 aliphatic rings.